The standard InChI is InChI=1S/C14H7BrF2N2O/c15-9-2-3-10(11(16)6-9)14(20)19-13-4-1-8(7-18)5-12(13)17/h1-6H,(H,19,20). The van der Waals surface area contributed by atoms with E-state index in [0.29, 0.717) is 4.47 Å². The highest BCUT2D eigenvalue weighted by atomic mass is 79.9. The molecule has 0 aliphatic rings. The molecule has 0 saturated carbocycles. The summed E-state index contributed by atoms with van der Waals surface area (Å²) in [5.41, 5.74) is -0.177. The molecule has 2 rings (SSSR count). The van der Waals surface area contributed by atoms with Gasteiger partial charge in [0.05, 0.1) is 22.9 Å². The second kappa shape index (κ2) is 5.80. The first-order chi connectivity index (χ1) is 9.51. The van der Waals surface area contributed by atoms with E-state index < -0.39 is 17.5 Å². The lowest BCUT2D eigenvalue weighted by Crippen LogP contribution is -2.14. The van der Waals surface area contributed by atoms with Crippen LogP contribution in [0.1, 0.15) is 15.9 Å². The van der Waals surface area contributed by atoms with E-state index in [9.17, 15) is 13.6 Å². The molecule has 1 amide bonds. The zero-order valence-electron chi connectivity index (χ0n) is 9.95. The molecule has 0 aliphatic carbocycles. The molecule has 3 nitrogen and oxygen atoms in total. The summed E-state index contributed by atoms with van der Waals surface area (Å²) in [5, 5.41) is 10.9. The minimum Gasteiger partial charge on any atom is -0.319 e. The highest BCUT2D eigenvalue weighted by molar-refractivity contribution is 9.10. The zero-order chi connectivity index (χ0) is 14.7. The van der Waals surface area contributed by atoms with Gasteiger partial charge in [0, 0.05) is 4.47 Å². The van der Waals surface area contributed by atoms with Gasteiger partial charge >= 0.3 is 0 Å². The van der Waals surface area contributed by atoms with Crippen LogP contribution in [0.5, 0.6) is 0 Å². The Morgan fingerprint density at radius 1 is 1.15 bits per heavy atom. The SMILES string of the molecule is N#Cc1ccc(NC(=O)c2ccc(Br)cc2F)c(F)c1. The molecule has 0 unspecified atom stereocenters. The topological polar surface area (TPSA) is 52.9 Å². The summed E-state index contributed by atoms with van der Waals surface area (Å²) in [7, 11) is 0. The minimum absolute atomic E-state index is 0.115. The molecule has 20 heavy (non-hydrogen) atoms. The van der Waals surface area contributed by atoms with Crippen LogP contribution < -0.4 is 5.32 Å². The maximum atomic E-state index is 13.6. The fourth-order valence-electron chi connectivity index (χ4n) is 1.55. The lowest BCUT2D eigenvalue weighted by Gasteiger charge is -2.07. The first kappa shape index (κ1) is 14.2. The van der Waals surface area contributed by atoms with Gasteiger partial charge in [0.15, 0.2) is 0 Å². The van der Waals surface area contributed by atoms with Gasteiger partial charge in [0.1, 0.15) is 11.6 Å². The van der Waals surface area contributed by atoms with Crippen LogP contribution in [0.3, 0.4) is 0 Å². The molecule has 0 aliphatic heterocycles. The van der Waals surface area contributed by atoms with Crippen molar-refractivity contribution in [3.63, 3.8) is 0 Å². The van der Waals surface area contributed by atoms with Gasteiger partial charge in [-0.05, 0) is 36.4 Å². The Bertz CT molecular complexity index is 726. The van der Waals surface area contributed by atoms with Gasteiger partial charge in [0.2, 0.25) is 0 Å². The van der Waals surface area contributed by atoms with Crippen molar-refractivity contribution in [3.05, 3.63) is 63.6 Å². The van der Waals surface area contributed by atoms with Crippen LogP contribution in [0.4, 0.5) is 14.5 Å². The van der Waals surface area contributed by atoms with Gasteiger partial charge in [-0.15, -0.1) is 0 Å². The Morgan fingerprint density at radius 2 is 1.90 bits per heavy atom. The van der Waals surface area contributed by atoms with E-state index in [-0.39, 0.29) is 16.8 Å². The summed E-state index contributed by atoms with van der Waals surface area (Å²) in [4.78, 5) is 11.9. The lowest BCUT2D eigenvalue weighted by molar-refractivity contribution is 0.102. The normalized spacial score (nSPS) is 9.90. The van der Waals surface area contributed by atoms with E-state index in [2.05, 4.69) is 21.2 Å². The fourth-order valence-corrected chi connectivity index (χ4v) is 1.88. The number of amides is 1. The minimum atomic E-state index is -0.765. The summed E-state index contributed by atoms with van der Waals surface area (Å²) in [6.45, 7) is 0. The average molecular weight is 337 g/mol. The van der Waals surface area contributed by atoms with Crippen molar-refractivity contribution < 1.29 is 13.6 Å². The predicted molar refractivity (Wildman–Crippen MR) is 73.2 cm³/mol. The summed E-state index contributed by atoms with van der Waals surface area (Å²) < 4.78 is 27.7. The van der Waals surface area contributed by atoms with E-state index in [0.717, 1.165) is 12.1 Å². The van der Waals surface area contributed by atoms with Gasteiger partial charge in [0.25, 0.3) is 5.91 Å². The number of anilines is 1. The van der Waals surface area contributed by atoms with Crippen molar-refractivity contribution in [2.75, 3.05) is 5.32 Å². The van der Waals surface area contributed by atoms with Crippen molar-refractivity contribution in [3.8, 4) is 6.07 Å². The molecule has 0 bridgehead atoms. The number of nitrogens with one attached hydrogen (secondary N) is 1. The second-order valence-corrected chi connectivity index (χ2v) is 4.80. The molecule has 0 heterocycles. The molecule has 6 heteroatoms. The molecule has 2 aromatic carbocycles. The van der Waals surface area contributed by atoms with E-state index in [4.69, 9.17) is 5.26 Å². The summed E-state index contributed by atoms with van der Waals surface area (Å²) in [6, 6.07) is 9.32. The van der Waals surface area contributed by atoms with Crippen molar-refractivity contribution >= 4 is 27.5 Å². The fraction of sp³-hybridized carbons (Fsp3) is 0. The molecule has 0 spiro atoms. The lowest BCUT2D eigenvalue weighted by atomic mass is 10.1. The van der Waals surface area contributed by atoms with Gasteiger partial charge in [-0.3, -0.25) is 4.79 Å². The Morgan fingerprint density at radius 3 is 2.50 bits per heavy atom. The van der Waals surface area contributed by atoms with E-state index in [1.807, 2.05) is 0 Å². The van der Waals surface area contributed by atoms with Gasteiger partial charge in [-0.2, -0.15) is 5.26 Å². The number of nitrogens with zero attached hydrogens (tertiary/aromatic N) is 1. The Hall–Kier alpha value is -2.26. The Kier molecular flexibility index (Phi) is 4.11. The number of benzene rings is 2. The molecule has 2 aromatic rings. The Labute approximate surface area is 122 Å². The first-order valence-corrected chi connectivity index (χ1v) is 6.26. The molecule has 0 saturated heterocycles. The highest BCUT2D eigenvalue weighted by Crippen LogP contribution is 2.19. The van der Waals surface area contributed by atoms with Gasteiger partial charge < -0.3 is 5.32 Å². The molecule has 100 valence electrons. The maximum absolute atomic E-state index is 13.6. The number of halogens is 3. The van der Waals surface area contributed by atoms with Crippen LogP contribution in [0.15, 0.2) is 40.9 Å². The van der Waals surface area contributed by atoms with Crippen molar-refractivity contribution in [2.24, 2.45) is 0 Å². The van der Waals surface area contributed by atoms with Crippen LogP contribution in [0.2, 0.25) is 0 Å². The summed E-state index contributed by atoms with van der Waals surface area (Å²) >= 11 is 3.08. The Balaban J connectivity index is 2.26. The molecule has 1 N–H and O–H groups in total. The summed E-state index contributed by atoms with van der Waals surface area (Å²) in [5.74, 6) is -2.24. The molecule has 0 radical (unpaired) electrons. The largest absolute Gasteiger partial charge is 0.319 e. The van der Waals surface area contributed by atoms with Crippen LogP contribution in [0.25, 0.3) is 0 Å². The average Bonchev–Trinajstić information content (AvgIpc) is 2.40. The van der Waals surface area contributed by atoms with Crippen molar-refractivity contribution in [2.45, 2.75) is 0 Å². The maximum Gasteiger partial charge on any atom is 0.258 e. The molecular formula is C14H7BrF2N2O. The highest BCUT2D eigenvalue weighted by Gasteiger charge is 2.14. The third-order valence-corrected chi connectivity index (χ3v) is 3.02. The third kappa shape index (κ3) is 3.00. The van der Waals surface area contributed by atoms with E-state index >= 15 is 0 Å². The second-order valence-electron chi connectivity index (χ2n) is 3.88. The van der Waals surface area contributed by atoms with E-state index in [1.165, 1.54) is 24.3 Å². The van der Waals surface area contributed by atoms with Crippen molar-refractivity contribution in [1.29, 1.82) is 5.26 Å². The van der Waals surface area contributed by atoms with Gasteiger partial charge in [-0.25, -0.2) is 8.78 Å². The monoisotopic (exact) mass is 336 g/mol. The number of nitriles is 1. The summed E-state index contributed by atoms with van der Waals surface area (Å²) in [6.07, 6.45) is 0. The molecular weight excluding hydrogens is 330 g/mol. The quantitative estimate of drug-likeness (QED) is 0.905. The number of carbonyl (C=O) groups is 1. The first-order valence-electron chi connectivity index (χ1n) is 5.47. The number of hydrogen-bond acceptors (Lipinski definition) is 2. The number of carbonyl (C=O) groups excluding carboxylic acids is 1. The van der Waals surface area contributed by atoms with Crippen molar-refractivity contribution in [1.82, 2.24) is 0 Å². The van der Waals surface area contributed by atoms with Crippen LogP contribution in [-0.4, -0.2) is 5.91 Å². The number of rotatable bonds is 2. The van der Waals surface area contributed by atoms with Crippen LogP contribution in [0, 0.1) is 23.0 Å². The molecule has 0 aromatic heterocycles. The van der Waals surface area contributed by atoms with E-state index in [1.54, 1.807) is 6.07 Å². The van der Waals surface area contributed by atoms with Crippen LogP contribution in [-0.2, 0) is 0 Å². The zero-order valence-corrected chi connectivity index (χ0v) is 11.5. The molecule has 0 fully saturated rings. The van der Waals surface area contributed by atoms with Crippen LogP contribution >= 0.6 is 15.9 Å². The smallest absolute Gasteiger partial charge is 0.258 e. The number of hydrogen-bond donors (Lipinski definition) is 1. The predicted octanol–water partition coefficient (Wildman–Crippen LogP) is 3.85. The van der Waals surface area contributed by atoms with Gasteiger partial charge in [-0.1, -0.05) is 15.9 Å². The third-order valence-electron chi connectivity index (χ3n) is 2.52. The molecule has 0 atom stereocenters.